The van der Waals surface area contributed by atoms with Crippen LogP contribution in [0.1, 0.15) is 43.6 Å². The summed E-state index contributed by atoms with van der Waals surface area (Å²) in [5.74, 6) is 0.515. The summed E-state index contributed by atoms with van der Waals surface area (Å²) in [4.78, 5) is 12.0. The van der Waals surface area contributed by atoms with Crippen LogP contribution in [-0.2, 0) is 11.2 Å². The van der Waals surface area contributed by atoms with Gasteiger partial charge in [-0.15, -0.1) is 0 Å². The summed E-state index contributed by atoms with van der Waals surface area (Å²) in [6.07, 6.45) is 0.637. The lowest BCUT2D eigenvalue weighted by atomic mass is 10.0. The number of ketones is 1. The molecule has 0 N–H and O–H groups in total. The van der Waals surface area contributed by atoms with Crippen LogP contribution in [0.5, 0.6) is 0 Å². The second-order valence-electron chi connectivity index (χ2n) is 4.78. The van der Waals surface area contributed by atoms with Gasteiger partial charge in [-0.3, -0.25) is 4.79 Å². The molecule has 0 amide bonds. The van der Waals surface area contributed by atoms with Gasteiger partial charge in [-0.25, -0.2) is 0 Å². The highest BCUT2D eigenvalue weighted by Gasteiger charge is 2.15. The predicted octanol–water partition coefficient (Wildman–Crippen LogP) is 3.49. The van der Waals surface area contributed by atoms with Gasteiger partial charge in [0.2, 0.25) is 0 Å². The monoisotopic (exact) mass is 234 g/mol. The van der Waals surface area contributed by atoms with E-state index in [0.717, 1.165) is 12.0 Å². The maximum absolute atomic E-state index is 12.0. The molecule has 17 heavy (non-hydrogen) atoms. The standard InChI is InChI=1S/C15H22O2/c1-5-13-6-8-14(9-7-13)15(16)12(4)17-10-11(2)3/h6-9,11-12H,5,10H2,1-4H3. The third kappa shape index (κ3) is 4.31. The first-order valence-corrected chi connectivity index (χ1v) is 6.29. The van der Waals surface area contributed by atoms with Gasteiger partial charge >= 0.3 is 0 Å². The summed E-state index contributed by atoms with van der Waals surface area (Å²) < 4.78 is 5.53. The van der Waals surface area contributed by atoms with E-state index in [1.54, 1.807) is 0 Å². The molecule has 1 aromatic carbocycles. The first kappa shape index (κ1) is 13.9. The molecule has 0 bridgehead atoms. The minimum atomic E-state index is -0.357. The zero-order chi connectivity index (χ0) is 12.8. The summed E-state index contributed by atoms with van der Waals surface area (Å²) in [6.45, 7) is 8.70. The second-order valence-corrected chi connectivity index (χ2v) is 4.78. The summed E-state index contributed by atoms with van der Waals surface area (Å²) in [5.41, 5.74) is 1.98. The number of ether oxygens (including phenoxy) is 1. The summed E-state index contributed by atoms with van der Waals surface area (Å²) in [5, 5.41) is 0. The zero-order valence-electron chi connectivity index (χ0n) is 11.2. The maximum atomic E-state index is 12.0. The van der Waals surface area contributed by atoms with Crippen LogP contribution in [0, 0.1) is 5.92 Å². The molecule has 94 valence electrons. The molecular formula is C15H22O2. The molecule has 0 fully saturated rings. The summed E-state index contributed by atoms with van der Waals surface area (Å²) in [7, 11) is 0. The topological polar surface area (TPSA) is 26.3 Å². The molecule has 0 saturated carbocycles. The number of hydrogen-bond donors (Lipinski definition) is 0. The molecule has 0 aliphatic heterocycles. The Morgan fingerprint density at radius 3 is 2.24 bits per heavy atom. The highest BCUT2D eigenvalue weighted by Crippen LogP contribution is 2.10. The molecule has 1 rings (SSSR count). The fourth-order valence-electron chi connectivity index (χ4n) is 1.55. The van der Waals surface area contributed by atoms with E-state index in [0.29, 0.717) is 12.5 Å². The Hall–Kier alpha value is -1.15. The van der Waals surface area contributed by atoms with Crippen molar-refractivity contribution in [2.75, 3.05) is 6.61 Å². The van der Waals surface area contributed by atoms with Gasteiger partial charge in [-0.05, 0) is 24.8 Å². The Bertz CT molecular complexity index is 352. The fourth-order valence-corrected chi connectivity index (χ4v) is 1.55. The summed E-state index contributed by atoms with van der Waals surface area (Å²) in [6, 6.07) is 7.78. The van der Waals surface area contributed by atoms with Gasteiger partial charge in [-0.1, -0.05) is 45.0 Å². The smallest absolute Gasteiger partial charge is 0.191 e. The quantitative estimate of drug-likeness (QED) is 0.704. The van der Waals surface area contributed by atoms with Crippen molar-refractivity contribution in [2.24, 2.45) is 5.92 Å². The molecule has 1 unspecified atom stereocenters. The summed E-state index contributed by atoms with van der Waals surface area (Å²) >= 11 is 0. The number of carbonyl (C=O) groups is 1. The SMILES string of the molecule is CCc1ccc(C(=O)C(C)OCC(C)C)cc1. The van der Waals surface area contributed by atoms with E-state index < -0.39 is 0 Å². The van der Waals surface area contributed by atoms with E-state index in [-0.39, 0.29) is 11.9 Å². The lowest BCUT2D eigenvalue weighted by molar-refractivity contribution is 0.0385. The minimum Gasteiger partial charge on any atom is -0.370 e. The highest BCUT2D eigenvalue weighted by atomic mass is 16.5. The fraction of sp³-hybridized carbons (Fsp3) is 0.533. The van der Waals surface area contributed by atoms with Crippen LogP contribution in [0.15, 0.2) is 24.3 Å². The van der Waals surface area contributed by atoms with Gasteiger partial charge in [-0.2, -0.15) is 0 Å². The number of aryl methyl sites for hydroxylation is 1. The van der Waals surface area contributed by atoms with Crippen molar-refractivity contribution in [1.29, 1.82) is 0 Å². The van der Waals surface area contributed by atoms with Crippen molar-refractivity contribution < 1.29 is 9.53 Å². The van der Waals surface area contributed by atoms with Crippen LogP contribution in [0.2, 0.25) is 0 Å². The zero-order valence-corrected chi connectivity index (χ0v) is 11.2. The Kier molecular flexibility index (Phi) is 5.36. The van der Waals surface area contributed by atoms with Crippen molar-refractivity contribution in [1.82, 2.24) is 0 Å². The lowest BCUT2D eigenvalue weighted by Gasteiger charge is -2.14. The first-order valence-electron chi connectivity index (χ1n) is 6.29. The van der Waals surface area contributed by atoms with Crippen LogP contribution in [0.4, 0.5) is 0 Å². The van der Waals surface area contributed by atoms with E-state index >= 15 is 0 Å². The van der Waals surface area contributed by atoms with Crippen LogP contribution in [0.3, 0.4) is 0 Å². The average Bonchev–Trinajstić information content (AvgIpc) is 2.35. The molecule has 1 atom stereocenters. The van der Waals surface area contributed by atoms with E-state index in [1.165, 1.54) is 5.56 Å². The van der Waals surface area contributed by atoms with Crippen molar-refractivity contribution in [2.45, 2.75) is 40.2 Å². The Balaban J connectivity index is 2.61. The van der Waals surface area contributed by atoms with Gasteiger partial charge in [0.25, 0.3) is 0 Å². The van der Waals surface area contributed by atoms with E-state index in [1.807, 2.05) is 31.2 Å². The normalized spacial score (nSPS) is 12.8. The Morgan fingerprint density at radius 1 is 1.18 bits per heavy atom. The molecule has 2 nitrogen and oxygen atoms in total. The van der Waals surface area contributed by atoms with Crippen molar-refractivity contribution in [3.05, 3.63) is 35.4 Å². The molecule has 0 radical (unpaired) electrons. The van der Waals surface area contributed by atoms with Crippen LogP contribution in [-0.4, -0.2) is 18.5 Å². The number of Topliss-reactive ketones (excluding diaryl/α,β-unsaturated/α-hetero) is 1. The molecule has 0 saturated heterocycles. The third-order valence-electron chi connectivity index (χ3n) is 2.70. The predicted molar refractivity (Wildman–Crippen MR) is 70.4 cm³/mol. The number of hydrogen-bond acceptors (Lipinski definition) is 2. The maximum Gasteiger partial charge on any atom is 0.191 e. The molecule has 0 aromatic heterocycles. The number of carbonyl (C=O) groups excluding carboxylic acids is 1. The van der Waals surface area contributed by atoms with Gasteiger partial charge in [0.1, 0.15) is 6.10 Å². The Morgan fingerprint density at radius 2 is 1.76 bits per heavy atom. The third-order valence-corrected chi connectivity index (χ3v) is 2.70. The van der Waals surface area contributed by atoms with Crippen molar-refractivity contribution in [3.8, 4) is 0 Å². The van der Waals surface area contributed by atoms with E-state index in [9.17, 15) is 4.79 Å². The molecule has 0 spiro atoms. The molecule has 0 heterocycles. The second kappa shape index (κ2) is 6.55. The van der Waals surface area contributed by atoms with Crippen LogP contribution >= 0.6 is 0 Å². The van der Waals surface area contributed by atoms with E-state index in [2.05, 4.69) is 20.8 Å². The first-order chi connectivity index (χ1) is 8.04. The van der Waals surface area contributed by atoms with Gasteiger partial charge in [0.05, 0.1) is 0 Å². The average molecular weight is 234 g/mol. The molecule has 1 aromatic rings. The van der Waals surface area contributed by atoms with Crippen molar-refractivity contribution in [3.63, 3.8) is 0 Å². The lowest BCUT2D eigenvalue weighted by Crippen LogP contribution is -2.22. The number of rotatable bonds is 6. The molecule has 0 aliphatic carbocycles. The van der Waals surface area contributed by atoms with Crippen molar-refractivity contribution >= 4 is 5.78 Å². The molecule has 2 heteroatoms. The van der Waals surface area contributed by atoms with Gasteiger partial charge in [0, 0.05) is 12.2 Å². The van der Waals surface area contributed by atoms with Gasteiger partial charge in [0.15, 0.2) is 5.78 Å². The molecular weight excluding hydrogens is 212 g/mol. The van der Waals surface area contributed by atoms with Gasteiger partial charge < -0.3 is 4.74 Å². The highest BCUT2D eigenvalue weighted by molar-refractivity contribution is 5.99. The minimum absolute atomic E-state index is 0.0632. The van der Waals surface area contributed by atoms with Crippen LogP contribution < -0.4 is 0 Å². The largest absolute Gasteiger partial charge is 0.370 e. The molecule has 0 aliphatic rings. The van der Waals surface area contributed by atoms with E-state index in [4.69, 9.17) is 4.74 Å². The van der Waals surface area contributed by atoms with Crippen LogP contribution in [0.25, 0.3) is 0 Å². The Labute approximate surface area is 104 Å². The number of benzene rings is 1.